The molecule has 0 fully saturated rings. The van der Waals surface area contributed by atoms with Crippen molar-refractivity contribution >= 4 is 23.4 Å². The number of anilines is 2. The summed E-state index contributed by atoms with van der Waals surface area (Å²) in [6.07, 6.45) is 0.356. The molecule has 2 aromatic carbocycles. The van der Waals surface area contributed by atoms with Crippen LogP contribution in [0.2, 0.25) is 0 Å². The Balaban J connectivity index is 1.97. The molecular formula is C22H28N2O6. The zero-order valence-corrected chi connectivity index (χ0v) is 18.0. The van der Waals surface area contributed by atoms with Crippen molar-refractivity contribution in [2.24, 2.45) is 0 Å². The van der Waals surface area contributed by atoms with E-state index >= 15 is 0 Å². The highest BCUT2D eigenvalue weighted by atomic mass is 16.6. The predicted molar refractivity (Wildman–Crippen MR) is 115 cm³/mol. The van der Waals surface area contributed by atoms with Crippen LogP contribution >= 0.6 is 0 Å². The Kier molecular flexibility index (Phi) is 8.34. The Morgan fingerprint density at radius 3 is 2.07 bits per heavy atom. The summed E-state index contributed by atoms with van der Waals surface area (Å²) >= 11 is 0. The molecule has 8 nitrogen and oxygen atoms in total. The molecule has 0 radical (unpaired) electrons. The van der Waals surface area contributed by atoms with Crippen molar-refractivity contribution in [1.29, 1.82) is 0 Å². The van der Waals surface area contributed by atoms with Gasteiger partial charge in [-0.05, 0) is 55.3 Å². The van der Waals surface area contributed by atoms with Gasteiger partial charge in [0, 0.05) is 24.8 Å². The highest BCUT2D eigenvalue weighted by molar-refractivity contribution is 5.92. The van der Waals surface area contributed by atoms with Gasteiger partial charge in [-0.1, -0.05) is 0 Å². The molecule has 8 heteroatoms. The molecule has 0 unspecified atom stereocenters. The van der Waals surface area contributed by atoms with Crippen LogP contribution in [0.25, 0.3) is 0 Å². The van der Waals surface area contributed by atoms with Gasteiger partial charge in [0.05, 0.1) is 27.9 Å². The lowest BCUT2D eigenvalue weighted by atomic mass is 10.1. The van der Waals surface area contributed by atoms with Gasteiger partial charge in [-0.15, -0.1) is 0 Å². The third-order valence-electron chi connectivity index (χ3n) is 4.45. The van der Waals surface area contributed by atoms with Crippen molar-refractivity contribution in [3.8, 4) is 17.2 Å². The molecule has 0 aliphatic heterocycles. The van der Waals surface area contributed by atoms with Gasteiger partial charge < -0.3 is 24.3 Å². The van der Waals surface area contributed by atoms with Crippen LogP contribution in [0.15, 0.2) is 36.4 Å². The molecule has 0 saturated heterocycles. The van der Waals surface area contributed by atoms with E-state index in [4.69, 9.17) is 18.9 Å². The van der Waals surface area contributed by atoms with Gasteiger partial charge in [0.2, 0.25) is 11.7 Å². The van der Waals surface area contributed by atoms with Crippen LogP contribution in [0, 0.1) is 0 Å². The normalized spacial score (nSPS) is 10.2. The first-order chi connectivity index (χ1) is 14.4. The van der Waals surface area contributed by atoms with Crippen LogP contribution in [0.3, 0.4) is 0 Å². The lowest BCUT2D eigenvalue weighted by Gasteiger charge is -2.17. The van der Waals surface area contributed by atoms with E-state index in [2.05, 4.69) is 5.32 Å². The number of rotatable bonds is 9. The molecule has 162 valence electrons. The Hall–Kier alpha value is -3.42. The molecule has 30 heavy (non-hydrogen) atoms. The molecule has 0 aliphatic rings. The number of ether oxygens (including phenoxy) is 4. The Labute approximate surface area is 176 Å². The average molecular weight is 416 g/mol. The fourth-order valence-electron chi connectivity index (χ4n) is 2.86. The second-order valence-corrected chi connectivity index (χ2v) is 6.39. The van der Waals surface area contributed by atoms with Crippen LogP contribution in [0.5, 0.6) is 17.2 Å². The fourth-order valence-corrected chi connectivity index (χ4v) is 2.86. The number of nitrogens with one attached hydrogen (secondary N) is 1. The quantitative estimate of drug-likeness (QED) is 0.668. The summed E-state index contributed by atoms with van der Waals surface area (Å²) in [5.41, 5.74) is 2.21. The summed E-state index contributed by atoms with van der Waals surface area (Å²) in [5.74, 6) is 1.48. The van der Waals surface area contributed by atoms with Gasteiger partial charge in [0.15, 0.2) is 11.5 Å². The van der Waals surface area contributed by atoms with Crippen molar-refractivity contribution in [3.05, 3.63) is 42.0 Å². The standard InChI is InChI=1S/C22H28N2O6/c1-6-30-22(26)24(2)17-10-8-16(9-11-17)23-20(25)12-7-15-13-18(27-3)21(29-5)19(14-15)28-4/h8-11,13-14H,6-7,12H2,1-5H3,(H,23,25). The van der Waals surface area contributed by atoms with Crippen molar-refractivity contribution in [2.75, 3.05) is 45.2 Å². The highest BCUT2D eigenvalue weighted by Gasteiger charge is 2.14. The molecule has 0 aromatic heterocycles. The largest absolute Gasteiger partial charge is 0.493 e. The number of carbonyl (C=O) groups is 2. The van der Waals surface area contributed by atoms with Crippen LogP contribution in [-0.2, 0) is 16.0 Å². The predicted octanol–water partition coefficient (Wildman–Crippen LogP) is 3.88. The lowest BCUT2D eigenvalue weighted by molar-refractivity contribution is -0.116. The first kappa shape index (κ1) is 22.9. The third kappa shape index (κ3) is 5.79. The van der Waals surface area contributed by atoms with Crippen LogP contribution in [0.1, 0.15) is 18.9 Å². The Bertz CT molecular complexity index is 841. The number of hydrogen-bond acceptors (Lipinski definition) is 6. The van der Waals surface area contributed by atoms with E-state index in [0.717, 1.165) is 5.56 Å². The van der Waals surface area contributed by atoms with E-state index in [1.165, 1.54) is 4.90 Å². The van der Waals surface area contributed by atoms with Crippen molar-refractivity contribution in [2.45, 2.75) is 19.8 Å². The summed E-state index contributed by atoms with van der Waals surface area (Å²) in [5, 5.41) is 2.85. The maximum absolute atomic E-state index is 12.3. The van der Waals surface area contributed by atoms with E-state index in [9.17, 15) is 9.59 Å². The maximum Gasteiger partial charge on any atom is 0.413 e. The van der Waals surface area contributed by atoms with Gasteiger partial charge >= 0.3 is 6.09 Å². The molecule has 0 saturated carbocycles. The molecular weight excluding hydrogens is 388 g/mol. The number of nitrogens with zero attached hydrogens (tertiary/aromatic N) is 1. The minimum absolute atomic E-state index is 0.129. The maximum atomic E-state index is 12.3. The molecule has 0 spiro atoms. The zero-order chi connectivity index (χ0) is 22.1. The summed E-state index contributed by atoms with van der Waals surface area (Å²) in [6, 6.07) is 10.6. The number of benzene rings is 2. The number of amides is 2. The minimum atomic E-state index is -0.431. The van der Waals surface area contributed by atoms with Gasteiger partial charge in [0.1, 0.15) is 0 Å². The molecule has 0 atom stereocenters. The third-order valence-corrected chi connectivity index (χ3v) is 4.45. The Morgan fingerprint density at radius 2 is 1.57 bits per heavy atom. The van der Waals surface area contributed by atoms with Crippen molar-refractivity contribution < 1.29 is 28.5 Å². The summed E-state index contributed by atoms with van der Waals surface area (Å²) in [7, 11) is 6.28. The second-order valence-electron chi connectivity index (χ2n) is 6.39. The van der Waals surface area contributed by atoms with Gasteiger partial charge in [0.25, 0.3) is 0 Å². The van der Waals surface area contributed by atoms with E-state index in [-0.39, 0.29) is 12.3 Å². The first-order valence-electron chi connectivity index (χ1n) is 9.52. The van der Waals surface area contributed by atoms with E-state index in [1.807, 2.05) is 12.1 Å². The molecule has 1 N–H and O–H groups in total. The van der Waals surface area contributed by atoms with Crippen molar-refractivity contribution in [3.63, 3.8) is 0 Å². The SMILES string of the molecule is CCOC(=O)N(C)c1ccc(NC(=O)CCc2cc(OC)c(OC)c(OC)c2)cc1. The van der Waals surface area contributed by atoms with Crippen LogP contribution < -0.4 is 24.4 Å². The summed E-state index contributed by atoms with van der Waals surface area (Å²) < 4.78 is 21.0. The number of methoxy groups -OCH3 is 3. The fraction of sp³-hybridized carbons (Fsp3) is 0.364. The molecule has 0 aliphatic carbocycles. The summed E-state index contributed by atoms with van der Waals surface area (Å²) in [6.45, 7) is 2.06. The molecule has 2 aromatic rings. The second kappa shape index (κ2) is 10.9. The average Bonchev–Trinajstić information content (AvgIpc) is 2.76. The number of aryl methyl sites for hydroxylation is 1. The van der Waals surface area contributed by atoms with Crippen LogP contribution in [-0.4, -0.2) is 47.0 Å². The summed E-state index contributed by atoms with van der Waals surface area (Å²) in [4.78, 5) is 25.5. The van der Waals surface area contributed by atoms with Gasteiger partial charge in [-0.25, -0.2) is 4.79 Å². The zero-order valence-electron chi connectivity index (χ0n) is 18.0. The highest BCUT2D eigenvalue weighted by Crippen LogP contribution is 2.38. The molecule has 0 heterocycles. The van der Waals surface area contributed by atoms with Gasteiger partial charge in [-0.3, -0.25) is 9.69 Å². The lowest BCUT2D eigenvalue weighted by Crippen LogP contribution is -2.26. The van der Waals surface area contributed by atoms with E-state index in [0.29, 0.717) is 41.7 Å². The number of carbonyl (C=O) groups excluding carboxylic acids is 2. The topological polar surface area (TPSA) is 86.3 Å². The van der Waals surface area contributed by atoms with Crippen LogP contribution in [0.4, 0.5) is 16.2 Å². The smallest absolute Gasteiger partial charge is 0.413 e. The molecule has 2 rings (SSSR count). The molecule has 0 bridgehead atoms. The van der Waals surface area contributed by atoms with Gasteiger partial charge in [-0.2, -0.15) is 0 Å². The monoisotopic (exact) mass is 416 g/mol. The molecule has 2 amide bonds. The first-order valence-corrected chi connectivity index (χ1v) is 9.52. The number of hydrogen-bond donors (Lipinski definition) is 1. The minimum Gasteiger partial charge on any atom is -0.493 e. The Morgan fingerprint density at radius 1 is 0.967 bits per heavy atom. The van der Waals surface area contributed by atoms with E-state index < -0.39 is 6.09 Å². The van der Waals surface area contributed by atoms with Crippen molar-refractivity contribution in [1.82, 2.24) is 0 Å². The van der Waals surface area contributed by atoms with E-state index in [1.54, 1.807) is 59.6 Å².